The lowest BCUT2D eigenvalue weighted by Crippen LogP contribution is -2.36. The number of aliphatic hydroxyl groups excluding tert-OH is 2. The Hall–Kier alpha value is -0.120. The van der Waals surface area contributed by atoms with Crippen LogP contribution in [0.4, 0.5) is 0 Å². The summed E-state index contributed by atoms with van der Waals surface area (Å²) < 4.78 is 5.29. The van der Waals surface area contributed by atoms with Gasteiger partial charge in [-0.1, -0.05) is 0 Å². The molecule has 1 atom stereocenters. The van der Waals surface area contributed by atoms with E-state index in [9.17, 15) is 5.11 Å². The van der Waals surface area contributed by atoms with Crippen LogP contribution in [0.5, 0.6) is 0 Å². The molecule has 1 saturated carbocycles. The molecule has 2 N–H and O–H groups in total. The zero-order valence-corrected chi connectivity index (χ0v) is 7.91. The normalized spacial score (nSPS) is 44.8. The van der Waals surface area contributed by atoms with Crippen molar-refractivity contribution in [3.63, 3.8) is 0 Å². The largest absolute Gasteiger partial charge is 0.396 e. The molecule has 1 aliphatic heterocycles. The molecule has 3 nitrogen and oxygen atoms in total. The monoisotopic (exact) mass is 186 g/mol. The second kappa shape index (κ2) is 3.56. The Labute approximate surface area is 78.7 Å². The molecule has 0 aromatic carbocycles. The summed E-state index contributed by atoms with van der Waals surface area (Å²) in [6.07, 6.45) is 4.41. The molecule has 1 saturated heterocycles. The van der Waals surface area contributed by atoms with Gasteiger partial charge in [0.2, 0.25) is 0 Å². The molecule has 76 valence electrons. The minimum atomic E-state index is 0.0334. The van der Waals surface area contributed by atoms with Crippen LogP contribution in [0.1, 0.15) is 25.7 Å². The Morgan fingerprint density at radius 3 is 2.23 bits per heavy atom. The van der Waals surface area contributed by atoms with Crippen molar-refractivity contribution in [2.45, 2.75) is 31.8 Å². The fourth-order valence-electron chi connectivity index (χ4n) is 2.42. The minimum Gasteiger partial charge on any atom is -0.396 e. The van der Waals surface area contributed by atoms with Crippen molar-refractivity contribution in [1.29, 1.82) is 0 Å². The van der Waals surface area contributed by atoms with E-state index < -0.39 is 0 Å². The van der Waals surface area contributed by atoms with E-state index >= 15 is 0 Å². The predicted octanol–water partition coefficient (Wildman–Crippen LogP) is 0.546. The van der Waals surface area contributed by atoms with Crippen LogP contribution in [0.2, 0.25) is 0 Å². The number of hydrogen-bond acceptors (Lipinski definition) is 3. The molecule has 13 heavy (non-hydrogen) atoms. The van der Waals surface area contributed by atoms with Gasteiger partial charge in [0.25, 0.3) is 0 Å². The van der Waals surface area contributed by atoms with Gasteiger partial charge in [-0.15, -0.1) is 0 Å². The Bertz CT molecular complexity index is 169. The molecule has 1 unspecified atom stereocenters. The second-order valence-corrected chi connectivity index (χ2v) is 4.47. The van der Waals surface area contributed by atoms with Crippen molar-refractivity contribution in [3.05, 3.63) is 0 Å². The first kappa shape index (κ1) is 9.44. The summed E-state index contributed by atoms with van der Waals surface area (Å²) in [7, 11) is 0. The molecule has 0 spiro atoms. The highest BCUT2D eigenvalue weighted by Gasteiger charge is 2.47. The number of rotatable bonds is 3. The molecule has 0 radical (unpaired) electrons. The molecule has 0 aromatic rings. The van der Waals surface area contributed by atoms with E-state index in [0.29, 0.717) is 18.6 Å². The minimum absolute atomic E-state index is 0.0334. The third-order valence-electron chi connectivity index (χ3n) is 3.69. The fraction of sp³-hybridized carbons (Fsp3) is 1.00. The lowest BCUT2D eigenvalue weighted by Gasteiger charge is -2.37. The van der Waals surface area contributed by atoms with Gasteiger partial charge in [-0.25, -0.2) is 0 Å². The summed E-state index contributed by atoms with van der Waals surface area (Å²) in [5, 5.41) is 18.4. The lowest BCUT2D eigenvalue weighted by atomic mass is 9.69. The first-order chi connectivity index (χ1) is 6.30. The van der Waals surface area contributed by atoms with Crippen molar-refractivity contribution in [2.75, 3.05) is 19.8 Å². The summed E-state index contributed by atoms with van der Waals surface area (Å²) in [6.45, 7) is 1.37. The molecule has 3 heteroatoms. The summed E-state index contributed by atoms with van der Waals surface area (Å²) in [5.41, 5.74) is 0.0334. The molecule has 2 fully saturated rings. The third kappa shape index (κ3) is 1.73. The van der Waals surface area contributed by atoms with Gasteiger partial charge in [-0.05, 0) is 31.6 Å². The zero-order valence-electron chi connectivity index (χ0n) is 7.91. The van der Waals surface area contributed by atoms with Crippen molar-refractivity contribution in [1.82, 2.24) is 0 Å². The van der Waals surface area contributed by atoms with E-state index in [1.54, 1.807) is 0 Å². The average molecular weight is 186 g/mol. The lowest BCUT2D eigenvalue weighted by molar-refractivity contribution is 0.0263. The fourth-order valence-corrected chi connectivity index (χ4v) is 2.42. The average Bonchev–Trinajstić information content (AvgIpc) is 3.02. The standard InChI is InChI=1S/C10H18O3/c11-5-8-1-3-10(7-12,4-2-8)9-6-13-9/h8-9,11-12H,1-7H2. The summed E-state index contributed by atoms with van der Waals surface area (Å²) >= 11 is 0. The topological polar surface area (TPSA) is 53.0 Å². The van der Waals surface area contributed by atoms with E-state index in [2.05, 4.69) is 0 Å². The van der Waals surface area contributed by atoms with Gasteiger partial charge in [-0.3, -0.25) is 0 Å². The molecular formula is C10H18O3. The highest BCUT2D eigenvalue weighted by molar-refractivity contribution is 4.96. The van der Waals surface area contributed by atoms with Gasteiger partial charge in [0.15, 0.2) is 0 Å². The predicted molar refractivity (Wildman–Crippen MR) is 48.3 cm³/mol. The van der Waals surface area contributed by atoms with Gasteiger partial charge in [0, 0.05) is 12.0 Å². The van der Waals surface area contributed by atoms with E-state index in [0.717, 1.165) is 32.3 Å². The highest BCUT2D eigenvalue weighted by atomic mass is 16.6. The maximum atomic E-state index is 9.37. The van der Waals surface area contributed by atoms with Crippen LogP contribution < -0.4 is 0 Å². The Morgan fingerprint density at radius 1 is 1.23 bits per heavy atom. The van der Waals surface area contributed by atoms with E-state index in [4.69, 9.17) is 9.84 Å². The van der Waals surface area contributed by atoms with E-state index in [1.807, 2.05) is 0 Å². The van der Waals surface area contributed by atoms with Crippen molar-refractivity contribution in [2.24, 2.45) is 11.3 Å². The third-order valence-corrected chi connectivity index (χ3v) is 3.69. The Balaban J connectivity index is 1.93. The van der Waals surface area contributed by atoms with Crippen molar-refractivity contribution < 1.29 is 14.9 Å². The van der Waals surface area contributed by atoms with Crippen molar-refractivity contribution >= 4 is 0 Å². The van der Waals surface area contributed by atoms with E-state index in [1.165, 1.54) is 0 Å². The van der Waals surface area contributed by atoms with Crippen LogP contribution in [0.25, 0.3) is 0 Å². The van der Waals surface area contributed by atoms with Crippen molar-refractivity contribution in [3.8, 4) is 0 Å². The molecule has 1 aliphatic carbocycles. The summed E-state index contributed by atoms with van der Waals surface area (Å²) in [4.78, 5) is 0. The zero-order chi connectivity index (χ0) is 9.31. The number of ether oxygens (including phenoxy) is 1. The van der Waals surface area contributed by atoms with E-state index in [-0.39, 0.29) is 12.0 Å². The molecule has 2 rings (SSSR count). The number of aliphatic hydroxyl groups is 2. The highest BCUT2D eigenvalue weighted by Crippen LogP contribution is 2.46. The molecular weight excluding hydrogens is 168 g/mol. The van der Waals surface area contributed by atoms with Gasteiger partial charge in [0.1, 0.15) is 0 Å². The van der Waals surface area contributed by atoms with Crippen LogP contribution in [0, 0.1) is 11.3 Å². The Kier molecular flexibility index (Phi) is 2.58. The quantitative estimate of drug-likeness (QED) is 0.633. The maximum absolute atomic E-state index is 9.37. The summed E-state index contributed by atoms with van der Waals surface area (Å²) in [6, 6.07) is 0. The van der Waals surface area contributed by atoms with Gasteiger partial charge < -0.3 is 14.9 Å². The van der Waals surface area contributed by atoms with Crippen LogP contribution in [0.15, 0.2) is 0 Å². The SMILES string of the molecule is OCC1CCC(CO)(C2CO2)CC1. The molecule has 0 amide bonds. The first-order valence-corrected chi connectivity index (χ1v) is 5.14. The second-order valence-electron chi connectivity index (χ2n) is 4.47. The first-order valence-electron chi connectivity index (χ1n) is 5.14. The van der Waals surface area contributed by atoms with Crippen LogP contribution >= 0.6 is 0 Å². The van der Waals surface area contributed by atoms with Crippen LogP contribution in [0.3, 0.4) is 0 Å². The number of epoxide rings is 1. The van der Waals surface area contributed by atoms with Gasteiger partial charge in [0.05, 0.1) is 19.3 Å². The smallest absolute Gasteiger partial charge is 0.0887 e. The number of hydrogen-bond donors (Lipinski definition) is 2. The van der Waals surface area contributed by atoms with Crippen LogP contribution in [-0.4, -0.2) is 36.1 Å². The van der Waals surface area contributed by atoms with Gasteiger partial charge >= 0.3 is 0 Å². The molecule has 0 bridgehead atoms. The molecule has 0 aromatic heterocycles. The molecule has 1 heterocycles. The Morgan fingerprint density at radius 2 is 1.85 bits per heavy atom. The maximum Gasteiger partial charge on any atom is 0.0887 e. The summed E-state index contributed by atoms with van der Waals surface area (Å²) in [5.74, 6) is 0.457. The molecule has 2 aliphatic rings. The van der Waals surface area contributed by atoms with Crippen LogP contribution in [-0.2, 0) is 4.74 Å². The van der Waals surface area contributed by atoms with Gasteiger partial charge in [-0.2, -0.15) is 0 Å².